The Balaban J connectivity index is 1.88. The maximum Gasteiger partial charge on any atom is 0.416 e. The number of hydrogen-bond acceptors (Lipinski definition) is 3. The van der Waals surface area contributed by atoms with Gasteiger partial charge in [0.2, 0.25) is 0 Å². The van der Waals surface area contributed by atoms with Crippen molar-refractivity contribution in [1.29, 1.82) is 0 Å². The van der Waals surface area contributed by atoms with Gasteiger partial charge in [0, 0.05) is 17.0 Å². The van der Waals surface area contributed by atoms with Gasteiger partial charge in [-0.15, -0.1) is 11.3 Å². The quantitative estimate of drug-likeness (QED) is 0.837. The van der Waals surface area contributed by atoms with Gasteiger partial charge in [-0.1, -0.05) is 0 Å². The van der Waals surface area contributed by atoms with Crippen LogP contribution in [0.15, 0.2) is 36.4 Å². The Labute approximate surface area is 135 Å². The number of amides is 1. The van der Waals surface area contributed by atoms with E-state index in [2.05, 4.69) is 5.32 Å². The second-order valence-electron chi connectivity index (χ2n) is 4.90. The van der Waals surface area contributed by atoms with E-state index in [4.69, 9.17) is 0 Å². The molecule has 2 rings (SSSR count). The Bertz CT molecular complexity index is 705. The standard InChI is InChI=1S/C16H14F3NO2S/c1-10(21)14-7-6-13(23-14)8-9-20-15(22)11-2-4-12(5-3-11)16(17,18)19/h2-7H,8-9H2,1H3,(H,20,22). The maximum absolute atomic E-state index is 12.4. The Morgan fingerprint density at radius 2 is 1.74 bits per heavy atom. The van der Waals surface area contributed by atoms with Crippen molar-refractivity contribution in [2.45, 2.75) is 19.5 Å². The van der Waals surface area contributed by atoms with Crippen LogP contribution in [0.4, 0.5) is 13.2 Å². The van der Waals surface area contributed by atoms with E-state index in [1.807, 2.05) is 6.07 Å². The highest BCUT2D eigenvalue weighted by Crippen LogP contribution is 2.29. The Morgan fingerprint density at radius 3 is 2.26 bits per heavy atom. The molecule has 3 nitrogen and oxygen atoms in total. The van der Waals surface area contributed by atoms with E-state index in [1.165, 1.54) is 18.3 Å². The summed E-state index contributed by atoms with van der Waals surface area (Å²) in [4.78, 5) is 24.7. The molecule has 0 spiro atoms. The summed E-state index contributed by atoms with van der Waals surface area (Å²) in [6.07, 6.45) is -3.85. The first kappa shape index (κ1) is 17.2. The molecule has 0 fully saturated rings. The number of carbonyl (C=O) groups is 2. The zero-order valence-corrected chi connectivity index (χ0v) is 13.1. The minimum atomic E-state index is -4.41. The van der Waals surface area contributed by atoms with Crippen molar-refractivity contribution in [3.8, 4) is 0 Å². The van der Waals surface area contributed by atoms with E-state index in [-0.39, 0.29) is 11.3 Å². The summed E-state index contributed by atoms with van der Waals surface area (Å²) in [5, 5.41) is 2.65. The highest BCUT2D eigenvalue weighted by Gasteiger charge is 2.30. The molecular formula is C16H14F3NO2S. The van der Waals surface area contributed by atoms with Gasteiger partial charge in [-0.05, 0) is 49.7 Å². The van der Waals surface area contributed by atoms with Crippen molar-refractivity contribution in [3.63, 3.8) is 0 Å². The van der Waals surface area contributed by atoms with Crippen LogP contribution in [-0.4, -0.2) is 18.2 Å². The van der Waals surface area contributed by atoms with Gasteiger partial charge in [0.05, 0.1) is 10.4 Å². The van der Waals surface area contributed by atoms with Crippen LogP contribution in [0.3, 0.4) is 0 Å². The van der Waals surface area contributed by atoms with Crippen molar-refractivity contribution in [3.05, 3.63) is 57.3 Å². The summed E-state index contributed by atoms with van der Waals surface area (Å²) >= 11 is 1.37. The number of halogens is 3. The van der Waals surface area contributed by atoms with Gasteiger partial charge in [0.15, 0.2) is 5.78 Å². The molecule has 0 bridgehead atoms. The molecule has 0 atom stereocenters. The third kappa shape index (κ3) is 4.66. The van der Waals surface area contributed by atoms with Crippen LogP contribution in [0, 0.1) is 0 Å². The van der Waals surface area contributed by atoms with Gasteiger partial charge >= 0.3 is 6.18 Å². The summed E-state index contributed by atoms with van der Waals surface area (Å²) < 4.78 is 37.3. The summed E-state index contributed by atoms with van der Waals surface area (Å²) in [6.45, 7) is 1.83. The molecule has 0 aliphatic heterocycles. The first-order valence-electron chi connectivity index (χ1n) is 6.82. The third-order valence-corrected chi connectivity index (χ3v) is 4.39. The first-order valence-corrected chi connectivity index (χ1v) is 7.64. The van der Waals surface area contributed by atoms with E-state index < -0.39 is 17.6 Å². The lowest BCUT2D eigenvalue weighted by Gasteiger charge is -2.08. The molecule has 7 heteroatoms. The predicted molar refractivity (Wildman–Crippen MR) is 81.8 cm³/mol. The van der Waals surface area contributed by atoms with Gasteiger partial charge < -0.3 is 5.32 Å². The molecule has 1 aromatic heterocycles. The van der Waals surface area contributed by atoms with E-state index in [1.54, 1.807) is 6.07 Å². The minimum Gasteiger partial charge on any atom is -0.352 e. The summed E-state index contributed by atoms with van der Waals surface area (Å²) in [5.41, 5.74) is -0.613. The molecule has 122 valence electrons. The lowest BCUT2D eigenvalue weighted by Crippen LogP contribution is -2.25. The van der Waals surface area contributed by atoms with Gasteiger partial charge in [0.25, 0.3) is 5.91 Å². The summed E-state index contributed by atoms with van der Waals surface area (Å²) in [6, 6.07) is 7.63. The predicted octanol–water partition coefficient (Wildman–Crippen LogP) is 3.94. The van der Waals surface area contributed by atoms with E-state index in [0.717, 1.165) is 29.1 Å². The van der Waals surface area contributed by atoms with Crippen LogP contribution in [0.1, 0.15) is 37.4 Å². The van der Waals surface area contributed by atoms with Gasteiger partial charge in [-0.3, -0.25) is 9.59 Å². The van der Waals surface area contributed by atoms with Crippen molar-refractivity contribution < 1.29 is 22.8 Å². The van der Waals surface area contributed by atoms with Crippen LogP contribution in [0.2, 0.25) is 0 Å². The summed E-state index contributed by atoms with van der Waals surface area (Å²) in [7, 11) is 0. The molecule has 0 saturated heterocycles. The van der Waals surface area contributed by atoms with Gasteiger partial charge in [-0.25, -0.2) is 0 Å². The highest BCUT2D eigenvalue weighted by molar-refractivity contribution is 7.14. The summed E-state index contributed by atoms with van der Waals surface area (Å²) in [5.74, 6) is -0.433. The number of hydrogen-bond donors (Lipinski definition) is 1. The number of thiophene rings is 1. The number of ketones is 1. The molecular weight excluding hydrogens is 327 g/mol. The van der Waals surface area contributed by atoms with E-state index in [0.29, 0.717) is 17.8 Å². The average Bonchev–Trinajstić information content (AvgIpc) is 2.95. The minimum absolute atomic E-state index is 0.00459. The topological polar surface area (TPSA) is 46.2 Å². The Morgan fingerprint density at radius 1 is 1.09 bits per heavy atom. The smallest absolute Gasteiger partial charge is 0.352 e. The maximum atomic E-state index is 12.4. The zero-order valence-electron chi connectivity index (χ0n) is 12.2. The highest BCUT2D eigenvalue weighted by atomic mass is 32.1. The monoisotopic (exact) mass is 341 g/mol. The van der Waals surface area contributed by atoms with Crippen LogP contribution >= 0.6 is 11.3 Å². The second kappa shape index (κ2) is 6.95. The third-order valence-electron chi connectivity index (χ3n) is 3.14. The lowest BCUT2D eigenvalue weighted by molar-refractivity contribution is -0.137. The Hall–Kier alpha value is -2.15. The van der Waals surface area contributed by atoms with E-state index in [9.17, 15) is 22.8 Å². The normalized spacial score (nSPS) is 11.3. The molecule has 0 aliphatic rings. The van der Waals surface area contributed by atoms with E-state index >= 15 is 0 Å². The van der Waals surface area contributed by atoms with Crippen molar-refractivity contribution >= 4 is 23.0 Å². The lowest BCUT2D eigenvalue weighted by atomic mass is 10.1. The molecule has 23 heavy (non-hydrogen) atoms. The van der Waals surface area contributed by atoms with Crippen molar-refractivity contribution in [2.75, 3.05) is 6.54 Å². The van der Waals surface area contributed by atoms with Gasteiger partial charge in [0.1, 0.15) is 0 Å². The molecule has 0 unspecified atom stereocenters. The largest absolute Gasteiger partial charge is 0.416 e. The average molecular weight is 341 g/mol. The van der Waals surface area contributed by atoms with Crippen LogP contribution in [0.25, 0.3) is 0 Å². The van der Waals surface area contributed by atoms with Gasteiger partial charge in [-0.2, -0.15) is 13.2 Å². The van der Waals surface area contributed by atoms with Crippen molar-refractivity contribution in [1.82, 2.24) is 5.32 Å². The fourth-order valence-electron chi connectivity index (χ4n) is 1.91. The molecule has 1 amide bonds. The Kier molecular flexibility index (Phi) is 5.20. The fourth-order valence-corrected chi connectivity index (χ4v) is 2.82. The number of alkyl halides is 3. The molecule has 0 radical (unpaired) electrons. The molecule has 2 aromatic rings. The fraction of sp³-hybridized carbons (Fsp3) is 0.250. The zero-order chi connectivity index (χ0) is 17.0. The number of Topliss-reactive ketones (excluding diaryl/α,β-unsaturated/α-hetero) is 1. The number of carbonyl (C=O) groups excluding carboxylic acids is 2. The molecule has 1 heterocycles. The first-order chi connectivity index (χ1) is 10.8. The number of benzene rings is 1. The number of nitrogens with one attached hydrogen (secondary N) is 1. The second-order valence-corrected chi connectivity index (χ2v) is 6.07. The van der Waals surface area contributed by atoms with Crippen LogP contribution in [0.5, 0.6) is 0 Å². The molecule has 1 N–H and O–H groups in total. The van der Waals surface area contributed by atoms with Crippen LogP contribution < -0.4 is 5.32 Å². The molecule has 1 aromatic carbocycles. The SMILES string of the molecule is CC(=O)c1ccc(CCNC(=O)c2ccc(C(F)(F)F)cc2)s1. The molecule has 0 saturated carbocycles. The molecule has 0 aliphatic carbocycles. The van der Waals surface area contributed by atoms with Crippen LogP contribution in [-0.2, 0) is 12.6 Å². The van der Waals surface area contributed by atoms with Crippen molar-refractivity contribution in [2.24, 2.45) is 0 Å². The number of rotatable bonds is 5.